The van der Waals surface area contributed by atoms with Gasteiger partial charge in [-0.15, -0.1) is 23.2 Å². The monoisotopic (exact) mass is 556 g/mol. The van der Waals surface area contributed by atoms with Crippen LogP contribution in [0, 0.1) is 0 Å². The molecule has 2 aromatic heterocycles. The van der Waals surface area contributed by atoms with E-state index in [-0.39, 0.29) is 11.1 Å². The molecule has 0 saturated heterocycles. The molecule has 200 valence electrons. The standard InChI is InChI=1S/2C14H15ClN2O2/c2*1-17-14(18)9-12(10-16-17)11-3-5-13(6-4-11)19-8-2-7-15/h2*3-6,9-10H,2,7-8H2,1H3. The van der Waals surface area contributed by atoms with Gasteiger partial charge in [0.25, 0.3) is 11.1 Å². The lowest BCUT2D eigenvalue weighted by Crippen LogP contribution is -2.17. The highest BCUT2D eigenvalue weighted by Gasteiger charge is 2.03. The van der Waals surface area contributed by atoms with Gasteiger partial charge in [-0.1, -0.05) is 24.3 Å². The van der Waals surface area contributed by atoms with Gasteiger partial charge in [-0.25, -0.2) is 9.36 Å². The Labute approximate surface area is 231 Å². The molecule has 0 spiro atoms. The number of aromatic nitrogens is 4. The average molecular weight is 557 g/mol. The number of rotatable bonds is 10. The number of ether oxygens (including phenoxy) is 2. The van der Waals surface area contributed by atoms with E-state index in [4.69, 9.17) is 32.7 Å². The van der Waals surface area contributed by atoms with Crippen LogP contribution in [0.25, 0.3) is 22.3 Å². The number of aryl methyl sites for hydroxylation is 2. The van der Waals surface area contributed by atoms with Gasteiger partial charge >= 0.3 is 0 Å². The van der Waals surface area contributed by atoms with Gasteiger partial charge in [-0.05, 0) is 48.2 Å². The third kappa shape index (κ3) is 8.75. The van der Waals surface area contributed by atoms with Crippen LogP contribution in [0.1, 0.15) is 12.8 Å². The smallest absolute Gasteiger partial charge is 0.267 e. The first-order valence-electron chi connectivity index (χ1n) is 12.1. The number of nitrogens with zero attached hydrogens (tertiary/aromatic N) is 4. The Morgan fingerprint density at radius 2 is 1.00 bits per heavy atom. The van der Waals surface area contributed by atoms with Crippen LogP contribution in [-0.2, 0) is 14.1 Å². The topological polar surface area (TPSA) is 88.2 Å². The minimum absolute atomic E-state index is 0.125. The van der Waals surface area contributed by atoms with E-state index in [0.29, 0.717) is 25.0 Å². The van der Waals surface area contributed by atoms with Gasteiger partial charge in [-0.3, -0.25) is 9.59 Å². The van der Waals surface area contributed by atoms with E-state index in [1.807, 2.05) is 48.5 Å². The predicted molar refractivity (Wildman–Crippen MR) is 151 cm³/mol. The molecule has 0 atom stereocenters. The van der Waals surface area contributed by atoms with Crippen molar-refractivity contribution >= 4 is 23.2 Å². The van der Waals surface area contributed by atoms with Gasteiger partial charge in [0, 0.05) is 49.1 Å². The number of alkyl halides is 2. The molecular formula is C28H30Cl2N4O4. The van der Waals surface area contributed by atoms with Gasteiger partial charge in [0.05, 0.1) is 25.6 Å². The fraction of sp³-hybridized carbons (Fsp3) is 0.286. The number of benzene rings is 2. The second-order valence-electron chi connectivity index (χ2n) is 8.24. The van der Waals surface area contributed by atoms with Crippen molar-refractivity contribution in [3.63, 3.8) is 0 Å². The lowest BCUT2D eigenvalue weighted by Gasteiger charge is -2.06. The van der Waals surface area contributed by atoms with Crippen molar-refractivity contribution in [1.82, 2.24) is 19.6 Å². The summed E-state index contributed by atoms with van der Waals surface area (Å²) in [5.74, 6) is 2.78. The minimum atomic E-state index is -0.125. The molecule has 0 saturated carbocycles. The van der Waals surface area contributed by atoms with Crippen LogP contribution in [0.15, 0.2) is 82.6 Å². The van der Waals surface area contributed by atoms with Crippen LogP contribution >= 0.6 is 23.2 Å². The Bertz CT molecular complexity index is 1300. The summed E-state index contributed by atoms with van der Waals surface area (Å²) in [6.07, 6.45) is 4.99. The molecule has 4 rings (SSSR count). The summed E-state index contributed by atoms with van der Waals surface area (Å²) in [6.45, 7) is 1.21. The molecule has 0 unspecified atom stereocenters. The molecule has 10 heteroatoms. The molecule has 0 aliphatic rings. The summed E-state index contributed by atoms with van der Waals surface area (Å²) in [7, 11) is 3.25. The van der Waals surface area contributed by atoms with Gasteiger partial charge in [0.1, 0.15) is 11.5 Å². The third-order valence-electron chi connectivity index (χ3n) is 5.40. The highest BCUT2D eigenvalue weighted by atomic mass is 35.5. The summed E-state index contributed by atoms with van der Waals surface area (Å²) in [6, 6.07) is 18.3. The van der Waals surface area contributed by atoms with E-state index in [2.05, 4.69) is 10.2 Å². The van der Waals surface area contributed by atoms with E-state index in [1.165, 1.54) is 9.36 Å². The summed E-state index contributed by atoms with van der Waals surface area (Å²) < 4.78 is 13.6. The highest BCUT2D eigenvalue weighted by molar-refractivity contribution is 6.18. The summed E-state index contributed by atoms with van der Waals surface area (Å²) in [5.41, 5.74) is 3.23. The fourth-order valence-electron chi connectivity index (χ4n) is 3.23. The van der Waals surface area contributed by atoms with Crippen LogP contribution in [0.5, 0.6) is 11.5 Å². The summed E-state index contributed by atoms with van der Waals surface area (Å²) >= 11 is 11.2. The molecule has 2 aromatic carbocycles. The predicted octanol–water partition coefficient (Wildman–Crippen LogP) is 4.91. The third-order valence-corrected chi connectivity index (χ3v) is 5.94. The lowest BCUT2D eigenvalue weighted by atomic mass is 10.1. The van der Waals surface area contributed by atoms with Gasteiger partial charge in [0.15, 0.2) is 0 Å². The molecule has 0 aliphatic carbocycles. The van der Waals surface area contributed by atoms with Crippen LogP contribution in [-0.4, -0.2) is 44.5 Å². The maximum Gasteiger partial charge on any atom is 0.267 e. The number of halogens is 2. The Morgan fingerprint density at radius 3 is 1.32 bits per heavy atom. The second kappa shape index (κ2) is 15.0. The van der Waals surface area contributed by atoms with Gasteiger partial charge in [-0.2, -0.15) is 10.2 Å². The van der Waals surface area contributed by atoms with Crippen LogP contribution in [0.3, 0.4) is 0 Å². The SMILES string of the molecule is Cn1ncc(-c2ccc(OCCCCl)cc2)cc1=O.Cn1ncc(-c2ccc(OCCCCl)cc2)cc1=O. The fourth-order valence-corrected chi connectivity index (χ4v) is 3.45. The zero-order valence-corrected chi connectivity index (χ0v) is 22.9. The first kappa shape index (κ1) is 28.9. The average Bonchev–Trinajstić information content (AvgIpc) is 2.93. The van der Waals surface area contributed by atoms with Crippen LogP contribution < -0.4 is 20.6 Å². The maximum absolute atomic E-state index is 11.5. The first-order valence-corrected chi connectivity index (χ1v) is 13.1. The quantitative estimate of drug-likeness (QED) is 0.204. The maximum atomic E-state index is 11.5. The van der Waals surface area contributed by atoms with Crippen molar-refractivity contribution < 1.29 is 9.47 Å². The Morgan fingerprint density at radius 1 is 0.632 bits per heavy atom. The van der Waals surface area contributed by atoms with Crippen molar-refractivity contribution in [3.05, 3.63) is 93.8 Å². The summed E-state index contributed by atoms with van der Waals surface area (Å²) in [4.78, 5) is 23.0. The molecule has 38 heavy (non-hydrogen) atoms. The zero-order chi connectivity index (χ0) is 27.3. The van der Waals surface area contributed by atoms with Crippen molar-refractivity contribution in [3.8, 4) is 33.8 Å². The second-order valence-corrected chi connectivity index (χ2v) is 9.00. The van der Waals surface area contributed by atoms with Crippen molar-refractivity contribution in [2.24, 2.45) is 14.1 Å². The van der Waals surface area contributed by atoms with E-state index in [1.54, 1.807) is 38.6 Å². The van der Waals surface area contributed by atoms with Crippen LogP contribution in [0.2, 0.25) is 0 Å². The number of hydrogen-bond acceptors (Lipinski definition) is 6. The zero-order valence-electron chi connectivity index (χ0n) is 21.3. The summed E-state index contributed by atoms with van der Waals surface area (Å²) in [5, 5.41) is 7.99. The molecule has 0 fully saturated rings. The van der Waals surface area contributed by atoms with Crippen LogP contribution in [0.4, 0.5) is 0 Å². The Hall–Kier alpha value is -3.62. The van der Waals surface area contributed by atoms with E-state index in [0.717, 1.165) is 46.6 Å². The van der Waals surface area contributed by atoms with E-state index in [9.17, 15) is 9.59 Å². The van der Waals surface area contributed by atoms with E-state index < -0.39 is 0 Å². The van der Waals surface area contributed by atoms with Crippen molar-refractivity contribution in [1.29, 1.82) is 0 Å². The van der Waals surface area contributed by atoms with Gasteiger partial charge < -0.3 is 9.47 Å². The van der Waals surface area contributed by atoms with Gasteiger partial charge in [0.2, 0.25) is 0 Å². The normalized spacial score (nSPS) is 10.4. The Kier molecular flexibility index (Phi) is 11.4. The molecule has 0 N–H and O–H groups in total. The molecular weight excluding hydrogens is 527 g/mol. The minimum Gasteiger partial charge on any atom is -0.494 e. The van der Waals surface area contributed by atoms with Crippen molar-refractivity contribution in [2.75, 3.05) is 25.0 Å². The molecule has 0 bridgehead atoms. The molecule has 0 aliphatic heterocycles. The molecule has 8 nitrogen and oxygen atoms in total. The largest absolute Gasteiger partial charge is 0.494 e. The van der Waals surface area contributed by atoms with Crippen molar-refractivity contribution in [2.45, 2.75) is 12.8 Å². The number of hydrogen-bond donors (Lipinski definition) is 0. The molecule has 2 heterocycles. The molecule has 4 aromatic rings. The highest BCUT2D eigenvalue weighted by Crippen LogP contribution is 2.21. The van der Waals surface area contributed by atoms with E-state index >= 15 is 0 Å². The Balaban J connectivity index is 0.000000211. The molecule has 0 radical (unpaired) electrons. The molecule has 0 amide bonds. The first-order chi connectivity index (χ1) is 18.4. The lowest BCUT2D eigenvalue weighted by molar-refractivity contribution is 0.318.